The van der Waals surface area contributed by atoms with Gasteiger partial charge in [-0.05, 0) is 67.6 Å². The van der Waals surface area contributed by atoms with Crippen LogP contribution in [0.4, 0.5) is 0 Å². The predicted octanol–water partition coefficient (Wildman–Crippen LogP) is 5.89. The van der Waals surface area contributed by atoms with Crippen LogP contribution in [0, 0.1) is 34.5 Å². The lowest BCUT2D eigenvalue weighted by Gasteiger charge is -2.59. The number of fused-ring (bicyclic) bond motifs is 5. The number of allylic oxidation sites excluding steroid dienone is 2. The summed E-state index contributed by atoms with van der Waals surface area (Å²) < 4.78 is 5.57. The molecule has 3 fully saturated rings. The maximum absolute atomic E-state index is 12.7. The molecule has 7 atom stereocenters. The van der Waals surface area contributed by atoms with E-state index >= 15 is 0 Å². The predicted molar refractivity (Wildman–Crippen MR) is 113 cm³/mol. The monoisotopic (exact) mass is 386 g/mol. The Kier molecular flexibility index (Phi) is 5.68. The zero-order valence-electron chi connectivity index (χ0n) is 17.1. The van der Waals surface area contributed by atoms with Crippen LogP contribution in [-0.4, -0.2) is 17.9 Å². The highest BCUT2D eigenvalue weighted by Crippen LogP contribution is 2.65. The van der Waals surface area contributed by atoms with E-state index in [0.717, 1.165) is 51.4 Å². The fraction of sp³-hybridized carbons (Fsp3) is 0.760. The Morgan fingerprint density at radius 1 is 1.21 bits per heavy atom. The van der Waals surface area contributed by atoms with Crippen LogP contribution < -0.4 is 0 Å². The molecule has 4 unspecified atom stereocenters. The highest BCUT2D eigenvalue weighted by Gasteiger charge is 2.60. The number of hydrogen-bond acceptors (Lipinski definition) is 3. The fourth-order valence-electron chi connectivity index (χ4n) is 7.31. The minimum Gasteiger partial charge on any atom is -0.462 e. The Balaban J connectivity index is 0.00000225. The van der Waals surface area contributed by atoms with Gasteiger partial charge in [0.1, 0.15) is 11.9 Å². The standard InChI is InChI=1S/C24H34O3.CH4/c1-5-6-16-13-17-14-18(27-15(2)25)9-11-23(17,3)20-10-12-24(4)19(22(16)20)7-8-21(24)26;/h5,13,16,18-20,22H,1,6-12,14H2,2-4H3;1H4/t16-,18?,19?,20?,22?,23+,24+;/m1./s1. The molecule has 0 aromatic heterocycles. The number of carbonyl (C=O) groups is 2. The molecular weight excluding hydrogens is 348 g/mol. The minimum absolute atomic E-state index is 0. The van der Waals surface area contributed by atoms with E-state index in [4.69, 9.17) is 4.74 Å². The second kappa shape index (κ2) is 7.46. The van der Waals surface area contributed by atoms with Crippen LogP contribution in [0.1, 0.15) is 79.6 Å². The van der Waals surface area contributed by atoms with Gasteiger partial charge in [0, 0.05) is 25.2 Å². The second-order valence-electron chi connectivity index (χ2n) is 9.98. The lowest BCUT2D eigenvalue weighted by Crippen LogP contribution is -2.53. The van der Waals surface area contributed by atoms with E-state index in [1.54, 1.807) is 0 Å². The number of ether oxygens (including phenoxy) is 1. The molecule has 0 aromatic carbocycles. The third-order valence-electron chi connectivity index (χ3n) is 8.71. The molecule has 0 aromatic rings. The molecule has 0 spiro atoms. The van der Waals surface area contributed by atoms with E-state index < -0.39 is 0 Å². The van der Waals surface area contributed by atoms with Crippen molar-refractivity contribution in [1.29, 1.82) is 0 Å². The first kappa shape index (κ1) is 21.3. The molecule has 3 saturated carbocycles. The minimum atomic E-state index is -0.168. The van der Waals surface area contributed by atoms with Gasteiger partial charge >= 0.3 is 5.97 Å². The van der Waals surface area contributed by atoms with Crippen LogP contribution in [0.2, 0.25) is 0 Å². The number of rotatable bonds is 3. The van der Waals surface area contributed by atoms with Gasteiger partial charge in [0.2, 0.25) is 0 Å². The summed E-state index contributed by atoms with van der Waals surface area (Å²) in [6.45, 7) is 10.2. The highest BCUT2D eigenvalue weighted by molar-refractivity contribution is 5.87. The number of esters is 1. The molecule has 0 heterocycles. The molecule has 0 aliphatic heterocycles. The van der Waals surface area contributed by atoms with Gasteiger partial charge in [-0.3, -0.25) is 9.59 Å². The van der Waals surface area contributed by atoms with Crippen molar-refractivity contribution < 1.29 is 14.3 Å². The molecule has 0 radical (unpaired) electrons. The Hall–Kier alpha value is -1.38. The molecule has 3 heteroatoms. The van der Waals surface area contributed by atoms with Gasteiger partial charge in [0.05, 0.1) is 0 Å². The van der Waals surface area contributed by atoms with E-state index in [1.807, 2.05) is 0 Å². The van der Waals surface area contributed by atoms with Gasteiger partial charge in [0.15, 0.2) is 0 Å². The normalized spacial score (nSPS) is 44.3. The SMILES string of the molecule is C.C=CC[C@@H]1C=C2CC(OC(C)=O)CC[C@]2(C)C2CC[C@]3(C)C(=O)CCC3C21. The van der Waals surface area contributed by atoms with E-state index in [0.29, 0.717) is 29.5 Å². The van der Waals surface area contributed by atoms with Gasteiger partial charge in [0.25, 0.3) is 0 Å². The average Bonchev–Trinajstić information content (AvgIpc) is 2.91. The van der Waals surface area contributed by atoms with Gasteiger partial charge in [-0.15, -0.1) is 6.58 Å². The van der Waals surface area contributed by atoms with Gasteiger partial charge in [-0.1, -0.05) is 39.0 Å². The molecule has 156 valence electrons. The summed E-state index contributed by atoms with van der Waals surface area (Å²) in [7, 11) is 0. The van der Waals surface area contributed by atoms with Crippen LogP contribution in [0.25, 0.3) is 0 Å². The third-order valence-corrected chi connectivity index (χ3v) is 8.71. The Labute approximate surface area is 171 Å². The third kappa shape index (κ3) is 3.09. The van der Waals surface area contributed by atoms with E-state index in [1.165, 1.54) is 12.5 Å². The Bertz CT molecular complexity index is 692. The molecule has 4 rings (SSSR count). The molecule has 28 heavy (non-hydrogen) atoms. The smallest absolute Gasteiger partial charge is 0.302 e. The second-order valence-corrected chi connectivity index (χ2v) is 9.98. The average molecular weight is 387 g/mol. The van der Waals surface area contributed by atoms with Crippen molar-refractivity contribution in [3.8, 4) is 0 Å². The Morgan fingerprint density at radius 2 is 1.89 bits per heavy atom. The first-order valence-corrected chi connectivity index (χ1v) is 10.8. The lowest BCUT2D eigenvalue weighted by molar-refractivity contribution is -0.149. The summed E-state index contributed by atoms with van der Waals surface area (Å²) in [4.78, 5) is 24.1. The molecule has 3 nitrogen and oxygen atoms in total. The molecule has 0 N–H and O–H groups in total. The molecule has 4 aliphatic carbocycles. The van der Waals surface area contributed by atoms with Crippen molar-refractivity contribution in [3.05, 3.63) is 24.3 Å². The first-order chi connectivity index (χ1) is 12.8. The highest BCUT2D eigenvalue weighted by atomic mass is 16.5. The van der Waals surface area contributed by atoms with Gasteiger partial charge in [-0.2, -0.15) is 0 Å². The quantitative estimate of drug-likeness (QED) is 0.449. The van der Waals surface area contributed by atoms with Gasteiger partial charge < -0.3 is 4.74 Å². The topological polar surface area (TPSA) is 43.4 Å². The van der Waals surface area contributed by atoms with E-state index in [9.17, 15) is 9.59 Å². The summed E-state index contributed by atoms with van der Waals surface area (Å²) in [5.41, 5.74) is 1.60. The molecular formula is C25H38O3. The van der Waals surface area contributed by atoms with Crippen molar-refractivity contribution in [2.24, 2.45) is 34.5 Å². The number of ketones is 1. The first-order valence-electron chi connectivity index (χ1n) is 10.8. The molecule has 0 bridgehead atoms. The molecule has 4 aliphatic rings. The summed E-state index contributed by atoms with van der Waals surface area (Å²) in [6.07, 6.45) is 12.6. The van der Waals surface area contributed by atoms with E-state index in [-0.39, 0.29) is 30.3 Å². The van der Waals surface area contributed by atoms with Crippen LogP contribution >= 0.6 is 0 Å². The van der Waals surface area contributed by atoms with Crippen LogP contribution in [0.3, 0.4) is 0 Å². The molecule has 0 amide bonds. The zero-order valence-corrected chi connectivity index (χ0v) is 17.1. The maximum atomic E-state index is 12.7. The maximum Gasteiger partial charge on any atom is 0.302 e. The zero-order chi connectivity index (χ0) is 19.4. The summed E-state index contributed by atoms with van der Waals surface area (Å²) in [5, 5.41) is 0. The van der Waals surface area contributed by atoms with Crippen molar-refractivity contribution in [2.75, 3.05) is 0 Å². The summed E-state index contributed by atoms with van der Waals surface area (Å²) >= 11 is 0. The van der Waals surface area contributed by atoms with E-state index in [2.05, 4.69) is 32.6 Å². The van der Waals surface area contributed by atoms with Crippen LogP contribution in [0.15, 0.2) is 24.3 Å². The number of carbonyl (C=O) groups excluding carboxylic acids is 2. The summed E-state index contributed by atoms with van der Waals surface area (Å²) in [5.74, 6) is 2.56. The number of hydrogen-bond donors (Lipinski definition) is 0. The van der Waals surface area contributed by atoms with Crippen molar-refractivity contribution in [1.82, 2.24) is 0 Å². The van der Waals surface area contributed by atoms with Crippen molar-refractivity contribution in [2.45, 2.75) is 85.7 Å². The Morgan fingerprint density at radius 3 is 2.57 bits per heavy atom. The van der Waals surface area contributed by atoms with Crippen molar-refractivity contribution >= 4 is 11.8 Å². The largest absolute Gasteiger partial charge is 0.462 e. The van der Waals surface area contributed by atoms with Crippen LogP contribution in [-0.2, 0) is 14.3 Å². The molecule has 0 saturated heterocycles. The summed E-state index contributed by atoms with van der Waals surface area (Å²) in [6, 6.07) is 0. The fourth-order valence-corrected chi connectivity index (χ4v) is 7.31. The van der Waals surface area contributed by atoms with Crippen LogP contribution in [0.5, 0.6) is 0 Å². The van der Waals surface area contributed by atoms with Crippen molar-refractivity contribution in [3.63, 3.8) is 0 Å². The lowest BCUT2D eigenvalue weighted by atomic mass is 9.45. The van der Waals surface area contributed by atoms with Gasteiger partial charge in [-0.25, -0.2) is 0 Å². The number of Topliss-reactive ketones (excluding diaryl/α,β-unsaturated/α-hetero) is 1.